The fourth-order valence-corrected chi connectivity index (χ4v) is 3.74. The largest absolute Gasteiger partial charge is 0.307 e. The molecule has 2 aliphatic carbocycles. The monoisotopic (exact) mass is 253 g/mol. The SMILES string of the molecule is [C-]#[N+]C1=C[C@@]2(C)CC(F)(F)CC[C@@H]2C(C)(C)C1=O. The van der Waals surface area contributed by atoms with Gasteiger partial charge in [-0.2, -0.15) is 0 Å². The number of alkyl halides is 2. The molecule has 2 atom stereocenters. The van der Waals surface area contributed by atoms with E-state index in [9.17, 15) is 13.6 Å². The van der Waals surface area contributed by atoms with Gasteiger partial charge in [-0.05, 0) is 17.8 Å². The van der Waals surface area contributed by atoms with E-state index in [1.165, 1.54) is 6.08 Å². The second-order valence-corrected chi connectivity index (χ2v) is 6.32. The summed E-state index contributed by atoms with van der Waals surface area (Å²) in [4.78, 5) is 15.4. The highest BCUT2D eigenvalue weighted by molar-refractivity contribution is 6.02. The molecule has 0 heterocycles. The van der Waals surface area contributed by atoms with E-state index < -0.39 is 16.8 Å². The highest BCUT2D eigenvalue weighted by Crippen LogP contribution is 2.58. The van der Waals surface area contributed by atoms with E-state index in [1.807, 2.05) is 0 Å². The van der Waals surface area contributed by atoms with Crippen molar-refractivity contribution in [1.82, 2.24) is 0 Å². The molecule has 1 saturated carbocycles. The summed E-state index contributed by atoms with van der Waals surface area (Å²) in [6.45, 7) is 12.4. The van der Waals surface area contributed by atoms with Crippen LogP contribution in [-0.4, -0.2) is 11.7 Å². The Morgan fingerprint density at radius 3 is 2.56 bits per heavy atom. The van der Waals surface area contributed by atoms with Gasteiger partial charge in [0.25, 0.3) is 0 Å². The van der Waals surface area contributed by atoms with Crippen LogP contribution >= 0.6 is 0 Å². The number of allylic oxidation sites excluding steroid dienone is 2. The minimum Gasteiger partial charge on any atom is -0.307 e. The van der Waals surface area contributed by atoms with Gasteiger partial charge in [0.2, 0.25) is 11.6 Å². The van der Waals surface area contributed by atoms with Crippen molar-refractivity contribution in [3.63, 3.8) is 0 Å². The molecule has 1 fully saturated rings. The van der Waals surface area contributed by atoms with Crippen molar-refractivity contribution >= 4 is 5.78 Å². The van der Waals surface area contributed by atoms with Gasteiger partial charge < -0.3 is 4.79 Å². The molecule has 0 bridgehead atoms. The maximum absolute atomic E-state index is 13.6. The van der Waals surface area contributed by atoms with Crippen LogP contribution in [0.5, 0.6) is 0 Å². The first kappa shape index (κ1) is 13.2. The van der Waals surface area contributed by atoms with Crippen molar-refractivity contribution in [3.8, 4) is 0 Å². The molecule has 2 aliphatic rings. The maximum Gasteiger partial charge on any atom is 0.248 e. The molecule has 0 amide bonds. The van der Waals surface area contributed by atoms with Gasteiger partial charge in [-0.25, -0.2) is 13.6 Å². The van der Waals surface area contributed by atoms with Crippen molar-refractivity contribution in [3.05, 3.63) is 23.2 Å². The van der Waals surface area contributed by atoms with Gasteiger partial charge in [-0.15, -0.1) is 0 Å². The van der Waals surface area contributed by atoms with Crippen molar-refractivity contribution in [2.75, 3.05) is 0 Å². The lowest BCUT2D eigenvalue weighted by Crippen LogP contribution is -2.51. The Hall–Kier alpha value is -1.24. The minimum absolute atomic E-state index is 0.0245. The molecule has 4 heteroatoms. The molecule has 2 nitrogen and oxygen atoms in total. The second kappa shape index (κ2) is 3.63. The number of fused-ring (bicyclic) bond motifs is 1. The molecule has 0 saturated heterocycles. The maximum atomic E-state index is 13.6. The molecule has 0 radical (unpaired) electrons. The number of hydrogen-bond donors (Lipinski definition) is 0. The zero-order chi connectivity index (χ0) is 13.8. The number of ketones is 1. The summed E-state index contributed by atoms with van der Waals surface area (Å²) in [5.74, 6) is -3.00. The number of Topliss-reactive ketones (excluding diaryl/α,β-unsaturated/α-hetero) is 1. The first-order valence-corrected chi connectivity index (χ1v) is 6.15. The molecular weight excluding hydrogens is 236 g/mol. The summed E-state index contributed by atoms with van der Waals surface area (Å²) in [5, 5.41) is 0. The van der Waals surface area contributed by atoms with Crippen molar-refractivity contribution in [2.24, 2.45) is 16.7 Å². The molecule has 18 heavy (non-hydrogen) atoms. The zero-order valence-electron chi connectivity index (χ0n) is 10.9. The standard InChI is InChI=1S/C14H17F2NO/c1-12(2)10-5-6-14(15,16)8-13(10,3)7-9(17-4)11(12)18/h7,10H,5-6,8H2,1-3H3/t10-,13+/m1/s1. The zero-order valence-corrected chi connectivity index (χ0v) is 10.9. The lowest BCUT2D eigenvalue weighted by Gasteiger charge is -2.52. The van der Waals surface area contributed by atoms with Crippen LogP contribution in [0.2, 0.25) is 0 Å². The second-order valence-electron chi connectivity index (χ2n) is 6.32. The Balaban J connectivity index is 2.53. The summed E-state index contributed by atoms with van der Waals surface area (Å²) in [7, 11) is 0. The van der Waals surface area contributed by atoms with Crippen LogP contribution in [0, 0.1) is 23.3 Å². The van der Waals surface area contributed by atoms with Crippen LogP contribution in [0.15, 0.2) is 11.8 Å². The quantitative estimate of drug-likeness (QED) is 0.601. The normalized spacial score (nSPS) is 37.4. The van der Waals surface area contributed by atoms with E-state index in [0.717, 1.165) is 0 Å². The summed E-state index contributed by atoms with van der Waals surface area (Å²) in [6.07, 6.45) is 1.40. The van der Waals surface area contributed by atoms with Gasteiger partial charge in [0.15, 0.2) is 5.78 Å². The van der Waals surface area contributed by atoms with E-state index in [0.29, 0.717) is 6.42 Å². The van der Waals surface area contributed by atoms with E-state index >= 15 is 0 Å². The minimum atomic E-state index is -2.69. The van der Waals surface area contributed by atoms with Gasteiger partial charge in [-0.3, -0.25) is 0 Å². The number of carbonyl (C=O) groups excluding carboxylic acids is 1. The highest BCUT2D eigenvalue weighted by Gasteiger charge is 2.57. The first-order valence-electron chi connectivity index (χ1n) is 6.15. The molecule has 2 rings (SSSR count). The third kappa shape index (κ3) is 1.77. The van der Waals surface area contributed by atoms with Crippen LogP contribution < -0.4 is 0 Å². The lowest BCUT2D eigenvalue weighted by atomic mass is 9.53. The Bertz CT molecular complexity index is 473. The summed E-state index contributed by atoms with van der Waals surface area (Å²) in [6, 6.07) is 0. The number of hydrogen-bond acceptors (Lipinski definition) is 1. The molecule has 0 N–H and O–H groups in total. The molecular formula is C14H17F2NO. The van der Waals surface area contributed by atoms with Gasteiger partial charge in [0.1, 0.15) is 0 Å². The third-order valence-corrected chi connectivity index (χ3v) is 4.51. The smallest absolute Gasteiger partial charge is 0.248 e. The average Bonchev–Trinajstić information content (AvgIpc) is 2.21. The van der Waals surface area contributed by atoms with Crippen molar-refractivity contribution < 1.29 is 13.6 Å². The predicted octanol–water partition coefficient (Wildman–Crippen LogP) is 3.84. The van der Waals surface area contributed by atoms with Gasteiger partial charge in [0.05, 0.1) is 6.57 Å². The van der Waals surface area contributed by atoms with E-state index in [1.54, 1.807) is 20.8 Å². The number of carbonyl (C=O) groups is 1. The Kier molecular flexibility index (Phi) is 2.66. The van der Waals surface area contributed by atoms with E-state index in [-0.39, 0.29) is 30.2 Å². The Morgan fingerprint density at radius 2 is 2.00 bits per heavy atom. The van der Waals surface area contributed by atoms with Gasteiger partial charge in [-0.1, -0.05) is 26.8 Å². The molecule has 0 unspecified atom stereocenters. The van der Waals surface area contributed by atoms with Crippen molar-refractivity contribution in [2.45, 2.75) is 46.0 Å². The molecule has 0 aromatic carbocycles. The lowest BCUT2D eigenvalue weighted by molar-refractivity contribution is -0.143. The fourth-order valence-electron chi connectivity index (χ4n) is 3.74. The van der Waals surface area contributed by atoms with Crippen LogP contribution in [0.1, 0.15) is 40.0 Å². The van der Waals surface area contributed by atoms with Gasteiger partial charge in [0, 0.05) is 18.3 Å². The first-order chi connectivity index (χ1) is 8.12. The third-order valence-electron chi connectivity index (χ3n) is 4.51. The summed E-state index contributed by atoms with van der Waals surface area (Å²) < 4.78 is 27.2. The Morgan fingerprint density at radius 1 is 1.39 bits per heavy atom. The van der Waals surface area contributed by atoms with Crippen LogP contribution in [0.4, 0.5) is 8.78 Å². The molecule has 0 aliphatic heterocycles. The van der Waals surface area contributed by atoms with E-state index in [4.69, 9.17) is 6.57 Å². The summed E-state index contributed by atoms with van der Waals surface area (Å²) >= 11 is 0. The Labute approximate surface area is 106 Å². The van der Waals surface area contributed by atoms with Gasteiger partial charge >= 0.3 is 0 Å². The number of halogens is 2. The highest BCUT2D eigenvalue weighted by atomic mass is 19.3. The molecule has 98 valence electrons. The topological polar surface area (TPSA) is 21.4 Å². The molecule has 0 aromatic rings. The van der Waals surface area contributed by atoms with E-state index in [2.05, 4.69) is 4.85 Å². The van der Waals surface area contributed by atoms with Crippen LogP contribution in [-0.2, 0) is 4.79 Å². The summed E-state index contributed by atoms with van der Waals surface area (Å²) in [5.41, 5.74) is -1.45. The van der Waals surface area contributed by atoms with Crippen LogP contribution in [0.3, 0.4) is 0 Å². The van der Waals surface area contributed by atoms with Crippen molar-refractivity contribution in [1.29, 1.82) is 0 Å². The predicted molar refractivity (Wildman–Crippen MR) is 63.9 cm³/mol. The fraction of sp³-hybridized carbons (Fsp3) is 0.714. The van der Waals surface area contributed by atoms with Crippen LogP contribution in [0.25, 0.3) is 4.85 Å². The molecule has 0 spiro atoms. The molecule has 0 aromatic heterocycles. The average molecular weight is 253 g/mol. The number of nitrogens with zero attached hydrogens (tertiary/aromatic N) is 1. The number of rotatable bonds is 0.